The molecule has 0 fully saturated rings. The van der Waals surface area contributed by atoms with E-state index in [9.17, 15) is 0 Å². The average Bonchev–Trinajstić information content (AvgIpc) is 3.78. The molecular formula is C56H41N. The zero-order chi connectivity index (χ0) is 38.2. The van der Waals surface area contributed by atoms with Crippen LogP contribution in [-0.2, 0) is 10.8 Å². The molecule has 0 N–H and O–H groups in total. The molecule has 0 aliphatic heterocycles. The van der Waals surface area contributed by atoms with Gasteiger partial charge in [-0.2, -0.15) is 0 Å². The lowest BCUT2D eigenvalue weighted by Crippen LogP contribution is -2.15. The maximum absolute atomic E-state index is 2.56. The molecule has 0 atom stereocenters. The van der Waals surface area contributed by atoms with Gasteiger partial charge < -0.3 is 4.57 Å². The molecule has 1 nitrogen and oxygen atoms in total. The highest BCUT2D eigenvalue weighted by Crippen LogP contribution is 2.56. The van der Waals surface area contributed by atoms with Crippen molar-refractivity contribution in [3.05, 3.63) is 198 Å². The number of rotatable bonds is 3. The summed E-state index contributed by atoms with van der Waals surface area (Å²) in [5, 5.41) is 7.74. The average molecular weight is 728 g/mol. The predicted molar refractivity (Wildman–Crippen MR) is 242 cm³/mol. The zero-order valence-corrected chi connectivity index (χ0v) is 32.7. The van der Waals surface area contributed by atoms with Crippen LogP contribution in [0.2, 0.25) is 0 Å². The van der Waals surface area contributed by atoms with Gasteiger partial charge in [-0.05, 0) is 143 Å². The third-order valence-corrected chi connectivity index (χ3v) is 13.6. The quantitative estimate of drug-likeness (QED) is 0.160. The minimum Gasteiger partial charge on any atom is -0.309 e. The van der Waals surface area contributed by atoms with Gasteiger partial charge in [0, 0.05) is 27.3 Å². The molecule has 10 aromatic rings. The van der Waals surface area contributed by atoms with Gasteiger partial charge in [-0.25, -0.2) is 0 Å². The Labute approximate surface area is 333 Å². The lowest BCUT2D eigenvalue weighted by molar-refractivity contribution is 0.661. The summed E-state index contributed by atoms with van der Waals surface area (Å²) in [6, 6.07) is 66.3. The highest BCUT2D eigenvalue weighted by Gasteiger charge is 2.38. The summed E-state index contributed by atoms with van der Waals surface area (Å²) in [7, 11) is 0. The standard InChI is InChI=1S/C56H41N/c1-55(2)47-24-14-11-21-37(47)40-30-43-45(32-49(40)55)53(34-17-7-5-8-18-34)46-33-50-41(38-22-12-15-25-48(38)56(50,3)4)31-44(46)54(43)35-27-28-52-42(29-35)39-23-13-16-26-51(39)57(52)36-19-9-6-10-20-36/h5-33H,1-4H3. The molecule has 0 saturated carbocycles. The fourth-order valence-electron chi connectivity index (χ4n) is 10.8. The van der Waals surface area contributed by atoms with E-state index in [1.807, 2.05) is 0 Å². The van der Waals surface area contributed by atoms with Crippen LogP contribution in [0, 0.1) is 0 Å². The van der Waals surface area contributed by atoms with E-state index in [0.717, 1.165) is 0 Å². The SMILES string of the molecule is CC1(C)c2ccccc2-c2cc3c(-c4ccc5c(c4)c4ccccc4n5-c4ccccc4)c4cc5c(cc4c(-c4ccccc4)c3cc21)C(C)(C)c1ccccc1-5. The number of nitrogens with zero attached hydrogens (tertiary/aromatic N) is 1. The maximum atomic E-state index is 2.56. The second-order valence-electron chi connectivity index (χ2n) is 17.3. The summed E-state index contributed by atoms with van der Waals surface area (Å²) in [6.07, 6.45) is 0. The topological polar surface area (TPSA) is 4.93 Å². The first-order chi connectivity index (χ1) is 27.8. The Hall–Kier alpha value is -6.70. The van der Waals surface area contributed by atoms with Gasteiger partial charge >= 0.3 is 0 Å². The second-order valence-corrected chi connectivity index (χ2v) is 17.3. The first kappa shape index (κ1) is 32.5. The van der Waals surface area contributed by atoms with Crippen LogP contribution in [0.15, 0.2) is 176 Å². The van der Waals surface area contributed by atoms with Crippen LogP contribution in [0.4, 0.5) is 0 Å². The third-order valence-electron chi connectivity index (χ3n) is 13.6. The van der Waals surface area contributed by atoms with Crippen LogP contribution in [0.3, 0.4) is 0 Å². The molecular weight excluding hydrogens is 687 g/mol. The highest BCUT2D eigenvalue weighted by molar-refractivity contribution is 6.24. The number of hydrogen-bond donors (Lipinski definition) is 0. The smallest absolute Gasteiger partial charge is 0.0541 e. The first-order valence-corrected chi connectivity index (χ1v) is 20.3. The summed E-state index contributed by atoms with van der Waals surface area (Å²) in [4.78, 5) is 0. The molecule has 0 bridgehead atoms. The fourth-order valence-corrected chi connectivity index (χ4v) is 10.8. The van der Waals surface area contributed by atoms with Gasteiger partial charge in [-0.1, -0.05) is 149 Å². The Balaban J connectivity index is 1.27. The molecule has 12 rings (SSSR count). The second kappa shape index (κ2) is 11.4. The minimum atomic E-state index is -0.122. The molecule has 0 amide bonds. The summed E-state index contributed by atoms with van der Waals surface area (Å²) in [5.74, 6) is 0. The largest absolute Gasteiger partial charge is 0.309 e. The van der Waals surface area contributed by atoms with Crippen molar-refractivity contribution in [3.8, 4) is 50.2 Å². The first-order valence-electron chi connectivity index (χ1n) is 20.3. The molecule has 270 valence electrons. The molecule has 2 aliphatic rings. The minimum absolute atomic E-state index is 0.122. The lowest BCUT2D eigenvalue weighted by Gasteiger charge is -2.25. The van der Waals surface area contributed by atoms with Crippen LogP contribution in [-0.4, -0.2) is 4.57 Å². The molecule has 1 heteroatoms. The van der Waals surface area contributed by atoms with E-state index in [1.54, 1.807) is 0 Å². The van der Waals surface area contributed by atoms with Crippen LogP contribution >= 0.6 is 0 Å². The molecule has 0 radical (unpaired) electrons. The van der Waals surface area contributed by atoms with E-state index < -0.39 is 0 Å². The van der Waals surface area contributed by atoms with E-state index >= 15 is 0 Å². The Morgan fingerprint density at radius 2 is 0.789 bits per heavy atom. The Morgan fingerprint density at radius 3 is 1.40 bits per heavy atom. The zero-order valence-electron chi connectivity index (χ0n) is 32.7. The number of fused-ring (bicyclic) bond motifs is 11. The van der Waals surface area contributed by atoms with E-state index in [4.69, 9.17) is 0 Å². The van der Waals surface area contributed by atoms with E-state index in [-0.39, 0.29) is 10.8 Å². The summed E-state index contributed by atoms with van der Waals surface area (Å²) in [6.45, 7) is 9.60. The number of benzene rings is 9. The van der Waals surface area contributed by atoms with Gasteiger partial charge in [-0.3, -0.25) is 0 Å². The summed E-state index contributed by atoms with van der Waals surface area (Å²) < 4.78 is 2.42. The maximum Gasteiger partial charge on any atom is 0.0541 e. The van der Waals surface area contributed by atoms with Gasteiger partial charge in [0.05, 0.1) is 11.0 Å². The molecule has 1 aromatic heterocycles. The van der Waals surface area contributed by atoms with Crippen LogP contribution in [0.25, 0.3) is 93.5 Å². The van der Waals surface area contributed by atoms with Crippen molar-refractivity contribution in [2.75, 3.05) is 0 Å². The molecule has 0 unspecified atom stereocenters. The van der Waals surface area contributed by atoms with E-state index in [2.05, 4.69) is 208 Å². The number of para-hydroxylation sites is 2. The predicted octanol–water partition coefficient (Wildman–Crippen LogP) is 15.0. The van der Waals surface area contributed by atoms with Crippen molar-refractivity contribution in [1.82, 2.24) is 4.57 Å². The van der Waals surface area contributed by atoms with Gasteiger partial charge in [0.25, 0.3) is 0 Å². The van der Waals surface area contributed by atoms with Gasteiger partial charge in [-0.15, -0.1) is 0 Å². The molecule has 57 heavy (non-hydrogen) atoms. The summed E-state index contributed by atoms with van der Waals surface area (Å²) in [5.41, 5.74) is 19.4. The Morgan fingerprint density at radius 1 is 0.316 bits per heavy atom. The van der Waals surface area contributed by atoms with Crippen molar-refractivity contribution in [2.45, 2.75) is 38.5 Å². The normalized spacial score (nSPS) is 14.6. The highest BCUT2D eigenvalue weighted by atomic mass is 15.0. The lowest BCUT2D eigenvalue weighted by atomic mass is 9.78. The Bertz CT molecular complexity index is 3200. The molecule has 1 heterocycles. The fraction of sp³-hybridized carbons (Fsp3) is 0.107. The molecule has 2 aliphatic carbocycles. The van der Waals surface area contributed by atoms with Crippen molar-refractivity contribution in [2.24, 2.45) is 0 Å². The third kappa shape index (κ3) is 4.35. The number of hydrogen-bond acceptors (Lipinski definition) is 0. The van der Waals surface area contributed by atoms with Crippen molar-refractivity contribution >= 4 is 43.4 Å². The van der Waals surface area contributed by atoms with Gasteiger partial charge in [0.2, 0.25) is 0 Å². The van der Waals surface area contributed by atoms with Gasteiger partial charge in [0.15, 0.2) is 0 Å². The van der Waals surface area contributed by atoms with Gasteiger partial charge in [0.1, 0.15) is 0 Å². The van der Waals surface area contributed by atoms with Crippen LogP contribution < -0.4 is 0 Å². The van der Waals surface area contributed by atoms with Crippen molar-refractivity contribution < 1.29 is 0 Å². The molecule has 9 aromatic carbocycles. The van der Waals surface area contributed by atoms with Crippen molar-refractivity contribution in [3.63, 3.8) is 0 Å². The molecule has 0 spiro atoms. The Kier molecular flexibility index (Phi) is 6.53. The number of aromatic nitrogens is 1. The monoisotopic (exact) mass is 727 g/mol. The van der Waals surface area contributed by atoms with Crippen LogP contribution in [0.5, 0.6) is 0 Å². The molecule has 0 saturated heterocycles. The van der Waals surface area contributed by atoms with Crippen LogP contribution in [0.1, 0.15) is 49.9 Å². The van der Waals surface area contributed by atoms with Crippen molar-refractivity contribution in [1.29, 1.82) is 0 Å². The van der Waals surface area contributed by atoms with E-state index in [0.29, 0.717) is 0 Å². The summed E-state index contributed by atoms with van der Waals surface area (Å²) >= 11 is 0. The van der Waals surface area contributed by atoms with E-state index in [1.165, 1.54) is 116 Å².